The number of hydrogen-bond acceptors (Lipinski definition) is 5. The Kier molecular flexibility index (Phi) is 10.2. The lowest BCUT2D eigenvalue weighted by atomic mass is 9.86. The average Bonchev–Trinajstić information content (AvgIpc) is 2.74. The second kappa shape index (κ2) is 12.2. The Hall–Kier alpha value is -1.82. The van der Waals surface area contributed by atoms with Gasteiger partial charge in [0.1, 0.15) is 6.04 Å². The summed E-state index contributed by atoms with van der Waals surface area (Å²) in [7, 11) is 0. The van der Waals surface area contributed by atoms with Gasteiger partial charge in [0.15, 0.2) is 0 Å². The zero-order chi connectivity index (χ0) is 25.6. The number of likely N-dealkylation sites (tertiary alicyclic amines) is 2. The molecule has 2 saturated heterocycles. The van der Waals surface area contributed by atoms with Crippen molar-refractivity contribution < 1.29 is 33.1 Å². The summed E-state index contributed by atoms with van der Waals surface area (Å²) < 4.78 is 26.9. The summed E-state index contributed by atoms with van der Waals surface area (Å²) in [5, 5.41) is 9.31. The Morgan fingerprint density at radius 2 is 1.79 bits per heavy atom. The molecule has 0 aromatic carbocycles. The number of hydrogen-bond donors (Lipinski definition) is 3. The third kappa shape index (κ3) is 7.86. The lowest BCUT2D eigenvalue weighted by Crippen LogP contribution is -2.53. The molecule has 5 unspecified atom stereocenters. The van der Waals surface area contributed by atoms with E-state index < -0.39 is 47.0 Å². The molecule has 0 bridgehead atoms. The topological polar surface area (TPSA) is 147 Å². The predicted molar refractivity (Wildman–Crippen MR) is 123 cm³/mol. The first kappa shape index (κ1) is 28.4. The Bertz CT molecular complexity index is 766. The molecule has 2 aliphatic rings. The molecule has 34 heavy (non-hydrogen) atoms. The lowest BCUT2D eigenvalue weighted by Gasteiger charge is -2.40. The monoisotopic (exact) mass is 552 g/mol. The van der Waals surface area contributed by atoms with Crippen molar-refractivity contribution in [2.24, 2.45) is 29.2 Å². The normalized spacial score (nSPS) is 24.6. The summed E-state index contributed by atoms with van der Waals surface area (Å²) in [5.74, 6) is -3.36. The van der Waals surface area contributed by atoms with Crippen LogP contribution in [0.15, 0.2) is 0 Å². The molecule has 4 amide bonds. The Labute approximate surface area is 206 Å². The van der Waals surface area contributed by atoms with Crippen molar-refractivity contribution in [1.82, 2.24) is 9.80 Å². The Morgan fingerprint density at radius 3 is 2.29 bits per heavy atom. The predicted octanol–water partition coefficient (Wildman–Crippen LogP) is 1.35. The molecular weight excluding hydrogens is 518 g/mol. The molecule has 2 rings (SSSR count). The minimum absolute atomic E-state index is 0.0817. The number of nitrogens with zero attached hydrogens (tertiary/aromatic N) is 2. The molecule has 0 saturated carbocycles. The summed E-state index contributed by atoms with van der Waals surface area (Å²) in [6.45, 7) is 2.08. The largest absolute Gasteiger partial charge is 0.396 e. The number of carbonyl (C=O) groups is 4. The molecular formula is C22H35BrF2N4O5. The van der Waals surface area contributed by atoms with Crippen LogP contribution in [-0.4, -0.2) is 75.1 Å². The van der Waals surface area contributed by atoms with Crippen molar-refractivity contribution in [3.05, 3.63) is 0 Å². The van der Waals surface area contributed by atoms with Crippen LogP contribution in [0.4, 0.5) is 8.78 Å². The maximum Gasteiger partial charge on any atom is 0.301 e. The molecule has 9 nitrogen and oxygen atoms in total. The van der Waals surface area contributed by atoms with Crippen molar-refractivity contribution in [2.45, 2.75) is 75.2 Å². The average molecular weight is 553 g/mol. The van der Waals surface area contributed by atoms with Crippen LogP contribution in [-0.2, 0) is 19.2 Å². The fourth-order valence-corrected chi connectivity index (χ4v) is 5.48. The molecule has 5 N–H and O–H groups in total. The van der Waals surface area contributed by atoms with Gasteiger partial charge in [0.05, 0.1) is 0 Å². The van der Waals surface area contributed by atoms with Gasteiger partial charge in [-0.1, -0.05) is 6.92 Å². The molecule has 0 aromatic heterocycles. The van der Waals surface area contributed by atoms with E-state index in [-0.39, 0.29) is 63.1 Å². The van der Waals surface area contributed by atoms with Crippen LogP contribution in [0.1, 0.15) is 58.3 Å². The first-order valence-corrected chi connectivity index (χ1v) is 12.5. The fourth-order valence-electron chi connectivity index (χ4n) is 5.02. The van der Waals surface area contributed by atoms with E-state index in [0.717, 1.165) is 0 Å². The van der Waals surface area contributed by atoms with E-state index in [0.29, 0.717) is 19.3 Å². The third-order valence-electron chi connectivity index (χ3n) is 6.97. The van der Waals surface area contributed by atoms with Crippen molar-refractivity contribution in [1.29, 1.82) is 0 Å². The van der Waals surface area contributed by atoms with Crippen molar-refractivity contribution in [3.8, 4) is 0 Å². The quantitative estimate of drug-likeness (QED) is 0.312. The van der Waals surface area contributed by atoms with E-state index in [2.05, 4.69) is 15.9 Å². The van der Waals surface area contributed by atoms with Gasteiger partial charge in [0.25, 0.3) is 0 Å². The highest BCUT2D eigenvalue weighted by atomic mass is 79.9. The van der Waals surface area contributed by atoms with Crippen LogP contribution in [0.25, 0.3) is 0 Å². The van der Waals surface area contributed by atoms with E-state index in [1.54, 1.807) is 4.90 Å². The van der Waals surface area contributed by atoms with Crippen LogP contribution in [0, 0.1) is 17.8 Å². The highest BCUT2D eigenvalue weighted by molar-refractivity contribution is 9.10. The molecule has 2 aliphatic heterocycles. The molecule has 0 aliphatic carbocycles. The van der Waals surface area contributed by atoms with E-state index >= 15 is 0 Å². The highest BCUT2D eigenvalue weighted by Gasteiger charge is 2.39. The minimum Gasteiger partial charge on any atom is -0.396 e. The van der Waals surface area contributed by atoms with Crippen LogP contribution in [0.3, 0.4) is 0 Å². The van der Waals surface area contributed by atoms with Gasteiger partial charge in [-0.15, -0.1) is 0 Å². The molecule has 0 radical (unpaired) electrons. The van der Waals surface area contributed by atoms with E-state index in [9.17, 15) is 33.1 Å². The summed E-state index contributed by atoms with van der Waals surface area (Å²) in [5.41, 5.74) is 11.2. The van der Waals surface area contributed by atoms with Gasteiger partial charge in [-0.25, -0.2) is 0 Å². The van der Waals surface area contributed by atoms with E-state index in [1.165, 1.54) is 4.90 Å². The number of nitrogens with two attached hydrogens (primary N) is 2. The minimum atomic E-state index is -3.02. The first-order valence-electron chi connectivity index (χ1n) is 11.7. The van der Waals surface area contributed by atoms with E-state index in [4.69, 9.17) is 11.5 Å². The third-order valence-corrected chi connectivity index (χ3v) is 7.29. The second-order valence-electron chi connectivity index (χ2n) is 9.45. The Morgan fingerprint density at radius 1 is 1.12 bits per heavy atom. The summed E-state index contributed by atoms with van der Waals surface area (Å²) in [4.78, 5) is 49.5. The zero-order valence-corrected chi connectivity index (χ0v) is 21.0. The van der Waals surface area contributed by atoms with Crippen LogP contribution in [0.5, 0.6) is 0 Å². The smallest absolute Gasteiger partial charge is 0.301 e. The van der Waals surface area contributed by atoms with Gasteiger partial charge < -0.3 is 26.4 Å². The number of piperidine rings is 2. The number of aliphatic hydroxyl groups excluding tert-OH is 1. The van der Waals surface area contributed by atoms with E-state index in [1.807, 2.05) is 6.92 Å². The number of aliphatic hydroxyl groups is 1. The molecule has 5 atom stereocenters. The van der Waals surface area contributed by atoms with Crippen molar-refractivity contribution in [2.75, 3.05) is 19.7 Å². The standard InChI is InChI=1S/C22H35BrF2N4O5/c1-2-16(29-11-14(3-4-18(29)31)10-22(23,24)25)8-15(20(26)33)9-17(21(27)34)28-6-5-13(12-30)7-19(28)32/h13-17,30H,2-12H2,1H3,(H2,26,33)(H2,27,34). The number of halogens is 3. The van der Waals surface area contributed by atoms with Crippen LogP contribution >= 0.6 is 15.9 Å². The molecule has 0 spiro atoms. The zero-order valence-electron chi connectivity index (χ0n) is 19.4. The number of carbonyl (C=O) groups excluding carboxylic acids is 4. The maximum atomic E-state index is 13.5. The molecule has 12 heteroatoms. The van der Waals surface area contributed by atoms with Gasteiger partial charge in [0.2, 0.25) is 23.6 Å². The number of amides is 4. The summed E-state index contributed by atoms with van der Waals surface area (Å²) >= 11 is 2.37. The van der Waals surface area contributed by atoms with Crippen molar-refractivity contribution in [3.63, 3.8) is 0 Å². The lowest BCUT2D eigenvalue weighted by molar-refractivity contribution is -0.145. The van der Waals surface area contributed by atoms with Gasteiger partial charge in [-0.2, -0.15) is 8.78 Å². The van der Waals surface area contributed by atoms with Gasteiger partial charge in [-0.3, -0.25) is 19.2 Å². The summed E-state index contributed by atoms with van der Waals surface area (Å²) in [6, 6.07) is -1.47. The molecule has 2 fully saturated rings. The molecule has 0 aromatic rings. The number of primary amides is 2. The number of alkyl halides is 3. The summed E-state index contributed by atoms with van der Waals surface area (Å²) in [6.07, 6.45) is 1.22. The van der Waals surface area contributed by atoms with Gasteiger partial charge in [0, 0.05) is 50.9 Å². The SMILES string of the molecule is CCC(CC(CC(C(N)=O)N1CCC(CO)CC1=O)C(N)=O)N1CC(CC(F)(F)Br)CCC1=O. The Balaban J connectivity index is 2.14. The second-order valence-corrected chi connectivity index (χ2v) is 10.6. The molecule has 194 valence electrons. The maximum absolute atomic E-state index is 13.5. The van der Waals surface area contributed by atoms with Gasteiger partial charge in [-0.05, 0) is 59.9 Å². The number of rotatable bonds is 12. The van der Waals surface area contributed by atoms with Crippen LogP contribution in [0.2, 0.25) is 0 Å². The van der Waals surface area contributed by atoms with Crippen molar-refractivity contribution >= 4 is 39.6 Å². The van der Waals surface area contributed by atoms with Gasteiger partial charge >= 0.3 is 4.83 Å². The first-order chi connectivity index (χ1) is 15.9. The highest BCUT2D eigenvalue weighted by Crippen LogP contribution is 2.35. The fraction of sp³-hybridized carbons (Fsp3) is 0.818. The van der Waals surface area contributed by atoms with Crippen LogP contribution < -0.4 is 11.5 Å². The molecule has 2 heterocycles.